The average molecular weight is 417 g/mol. The van der Waals surface area contributed by atoms with Crippen LogP contribution in [0.1, 0.15) is 36.8 Å². The Kier molecular flexibility index (Phi) is 5.96. The van der Waals surface area contributed by atoms with Gasteiger partial charge in [0.2, 0.25) is 5.91 Å². The van der Waals surface area contributed by atoms with Crippen molar-refractivity contribution in [2.24, 2.45) is 0 Å². The lowest BCUT2D eigenvalue weighted by Crippen LogP contribution is -2.56. The molecule has 1 atom stereocenters. The lowest BCUT2D eigenvalue weighted by molar-refractivity contribution is -0.134. The number of likely N-dealkylation sites (tertiary alicyclic amines) is 2. The fourth-order valence-electron chi connectivity index (χ4n) is 4.75. The van der Waals surface area contributed by atoms with Gasteiger partial charge in [0.1, 0.15) is 0 Å². The molecule has 28 heavy (non-hydrogen) atoms. The predicted molar refractivity (Wildman–Crippen MR) is 115 cm³/mol. The van der Waals surface area contributed by atoms with Crippen molar-refractivity contribution in [3.05, 3.63) is 69.7 Å². The van der Waals surface area contributed by atoms with Crippen LogP contribution < -0.4 is 0 Å². The molecule has 3 nitrogen and oxygen atoms in total. The first kappa shape index (κ1) is 19.8. The third-order valence-corrected chi connectivity index (χ3v) is 6.86. The molecule has 2 saturated heterocycles. The molecular weight excluding hydrogens is 391 g/mol. The SMILES string of the molecule is O=C(Cc1ccc(Cl)cc1)N1CCC[C@]2(CCCN2Cc2ccccc2Cl)C1. The molecule has 5 heteroatoms. The van der Waals surface area contributed by atoms with E-state index in [2.05, 4.69) is 15.9 Å². The molecule has 2 heterocycles. The predicted octanol–water partition coefficient (Wildman–Crippen LogP) is 5.19. The van der Waals surface area contributed by atoms with E-state index in [0.29, 0.717) is 11.4 Å². The van der Waals surface area contributed by atoms with E-state index in [9.17, 15) is 4.79 Å². The summed E-state index contributed by atoms with van der Waals surface area (Å²) in [6.07, 6.45) is 5.00. The zero-order chi connectivity index (χ0) is 19.6. The smallest absolute Gasteiger partial charge is 0.227 e. The second-order valence-electron chi connectivity index (χ2n) is 8.06. The Labute approximate surface area is 177 Å². The number of hydrogen-bond acceptors (Lipinski definition) is 2. The number of benzene rings is 2. The number of hydrogen-bond donors (Lipinski definition) is 0. The molecule has 2 aliphatic heterocycles. The normalized spacial score (nSPS) is 22.7. The van der Waals surface area contributed by atoms with Crippen molar-refractivity contribution < 1.29 is 4.79 Å². The van der Waals surface area contributed by atoms with Gasteiger partial charge in [0.15, 0.2) is 0 Å². The fourth-order valence-corrected chi connectivity index (χ4v) is 5.07. The second-order valence-corrected chi connectivity index (χ2v) is 8.91. The first-order valence-electron chi connectivity index (χ1n) is 10.1. The highest BCUT2D eigenvalue weighted by atomic mass is 35.5. The molecule has 0 N–H and O–H groups in total. The summed E-state index contributed by atoms with van der Waals surface area (Å²) in [5.74, 6) is 0.214. The van der Waals surface area contributed by atoms with Gasteiger partial charge >= 0.3 is 0 Å². The molecule has 148 valence electrons. The van der Waals surface area contributed by atoms with Crippen LogP contribution >= 0.6 is 23.2 Å². The molecule has 2 aliphatic rings. The minimum atomic E-state index is 0.0904. The zero-order valence-electron chi connectivity index (χ0n) is 16.0. The van der Waals surface area contributed by atoms with E-state index < -0.39 is 0 Å². The maximum Gasteiger partial charge on any atom is 0.227 e. The maximum absolute atomic E-state index is 13.0. The van der Waals surface area contributed by atoms with E-state index in [1.54, 1.807) is 0 Å². The third-order valence-electron chi connectivity index (χ3n) is 6.24. The Hall–Kier alpha value is -1.55. The molecule has 2 aromatic carbocycles. The standard InChI is InChI=1S/C23H26Cl2N2O/c24-20-9-7-18(8-10-20)15-22(28)26-13-3-11-23(17-26)12-4-14-27(23)16-19-5-1-2-6-21(19)25/h1-2,5-10H,3-4,11-17H2/t23-/m0/s1. The van der Waals surface area contributed by atoms with Crippen molar-refractivity contribution in [1.82, 2.24) is 9.80 Å². The number of halogens is 2. The maximum atomic E-state index is 13.0. The van der Waals surface area contributed by atoms with Crippen LogP contribution in [0.5, 0.6) is 0 Å². The van der Waals surface area contributed by atoms with Crippen LogP contribution in [0.4, 0.5) is 0 Å². The summed E-state index contributed by atoms with van der Waals surface area (Å²) in [5.41, 5.74) is 2.29. The number of piperidine rings is 1. The van der Waals surface area contributed by atoms with Gasteiger partial charge in [0.05, 0.1) is 6.42 Å². The average Bonchev–Trinajstić information content (AvgIpc) is 3.06. The van der Waals surface area contributed by atoms with Crippen LogP contribution in [-0.4, -0.2) is 40.9 Å². The highest BCUT2D eigenvalue weighted by Gasteiger charge is 2.44. The van der Waals surface area contributed by atoms with E-state index in [-0.39, 0.29) is 11.4 Å². The van der Waals surface area contributed by atoms with Crippen molar-refractivity contribution in [3.63, 3.8) is 0 Å². The second kappa shape index (κ2) is 8.44. The molecular formula is C23H26Cl2N2O. The number of carbonyl (C=O) groups excluding carboxylic acids is 1. The van der Waals surface area contributed by atoms with E-state index in [1.807, 2.05) is 42.5 Å². The summed E-state index contributed by atoms with van der Waals surface area (Å²) < 4.78 is 0. The van der Waals surface area contributed by atoms with Gasteiger partial charge in [-0.2, -0.15) is 0 Å². The van der Waals surface area contributed by atoms with Crippen molar-refractivity contribution in [2.45, 2.75) is 44.2 Å². The Morgan fingerprint density at radius 3 is 2.43 bits per heavy atom. The van der Waals surface area contributed by atoms with Crippen LogP contribution in [0.25, 0.3) is 0 Å². The molecule has 0 unspecified atom stereocenters. The molecule has 2 fully saturated rings. The lowest BCUT2D eigenvalue weighted by atomic mass is 9.86. The van der Waals surface area contributed by atoms with Gasteiger partial charge in [0, 0.05) is 35.2 Å². The summed E-state index contributed by atoms with van der Waals surface area (Å²) in [5, 5.41) is 1.53. The van der Waals surface area contributed by atoms with E-state index >= 15 is 0 Å². The third kappa shape index (κ3) is 4.22. The van der Waals surface area contributed by atoms with E-state index in [4.69, 9.17) is 23.2 Å². The molecule has 0 saturated carbocycles. The van der Waals surface area contributed by atoms with Crippen LogP contribution in [0.3, 0.4) is 0 Å². The molecule has 1 amide bonds. The highest BCUT2D eigenvalue weighted by molar-refractivity contribution is 6.31. The number of carbonyl (C=O) groups is 1. The van der Waals surface area contributed by atoms with Gasteiger partial charge in [-0.1, -0.05) is 53.5 Å². The molecule has 1 spiro atoms. The quantitative estimate of drug-likeness (QED) is 0.683. The van der Waals surface area contributed by atoms with E-state index in [0.717, 1.165) is 56.0 Å². The first-order valence-corrected chi connectivity index (χ1v) is 10.8. The summed E-state index contributed by atoms with van der Waals surface area (Å²) in [6, 6.07) is 15.7. The van der Waals surface area contributed by atoms with E-state index in [1.165, 1.54) is 12.0 Å². The summed E-state index contributed by atoms with van der Waals surface area (Å²) in [7, 11) is 0. The Balaban J connectivity index is 1.46. The van der Waals surface area contributed by atoms with Crippen LogP contribution in [-0.2, 0) is 17.8 Å². The summed E-state index contributed by atoms with van der Waals surface area (Å²) in [6.45, 7) is 3.61. The number of rotatable bonds is 4. The van der Waals surface area contributed by atoms with Gasteiger partial charge in [0.25, 0.3) is 0 Å². The summed E-state index contributed by atoms with van der Waals surface area (Å²) in [4.78, 5) is 17.6. The minimum Gasteiger partial charge on any atom is -0.341 e. The molecule has 0 radical (unpaired) electrons. The lowest BCUT2D eigenvalue weighted by Gasteiger charge is -2.46. The minimum absolute atomic E-state index is 0.0904. The monoisotopic (exact) mass is 416 g/mol. The Morgan fingerprint density at radius 1 is 0.964 bits per heavy atom. The molecule has 0 aliphatic carbocycles. The van der Waals surface area contributed by atoms with Gasteiger partial charge in [-0.25, -0.2) is 0 Å². The van der Waals surface area contributed by atoms with Crippen molar-refractivity contribution in [1.29, 1.82) is 0 Å². The number of nitrogens with zero attached hydrogens (tertiary/aromatic N) is 2. The Morgan fingerprint density at radius 2 is 1.68 bits per heavy atom. The van der Waals surface area contributed by atoms with Gasteiger partial charge in [-0.15, -0.1) is 0 Å². The van der Waals surface area contributed by atoms with Crippen LogP contribution in [0.15, 0.2) is 48.5 Å². The first-order chi connectivity index (χ1) is 13.6. The fraction of sp³-hybridized carbons (Fsp3) is 0.435. The molecule has 0 aromatic heterocycles. The summed E-state index contributed by atoms with van der Waals surface area (Å²) >= 11 is 12.4. The largest absolute Gasteiger partial charge is 0.341 e. The highest BCUT2D eigenvalue weighted by Crippen LogP contribution is 2.39. The topological polar surface area (TPSA) is 23.6 Å². The van der Waals surface area contributed by atoms with Gasteiger partial charge in [-0.3, -0.25) is 9.69 Å². The van der Waals surface area contributed by atoms with Crippen molar-refractivity contribution in [3.8, 4) is 0 Å². The molecule has 2 aromatic rings. The zero-order valence-corrected chi connectivity index (χ0v) is 17.6. The van der Waals surface area contributed by atoms with Crippen molar-refractivity contribution in [2.75, 3.05) is 19.6 Å². The van der Waals surface area contributed by atoms with Crippen LogP contribution in [0, 0.1) is 0 Å². The Bertz CT molecular complexity index is 839. The molecule has 4 rings (SSSR count). The van der Waals surface area contributed by atoms with Gasteiger partial charge in [-0.05, 0) is 61.6 Å². The van der Waals surface area contributed by atoms with Gasteiger partial charge < -0.3 is 4.90 Å². The van der Waals surface area contributed by atoms with Crippen LogP contribution in [0.2, 0.25) is 10.0 Å². The number of amides is 1. The van der Waals surface area contributed by atoms with Crippen molar-refractivity contribution >= 4 is 29.1 Å². The molecule has 0 bridgehead atoms.